The number of imide groups is 1. The van der Waals surface area contributed by atoms with Crippen LogP contribution in [0.3, 0.4) is 0 Å². The van der Waals surface area contributed by atoms with Crippen LogP contribution in [0.4, 0.5) is 21.9 Å². The summed E-state index contributed by atoms with van der Waals surface area (Å²) < 4.78 is 10.7. The second-order valence-electron chi connectivity index (χ2n) is 4.90. The van der Waals surface area contributed by atoms with Crippen molar-refractivity contribution < 1.29 is 28.5 Å². The fourth-order valence-electron chi connectivity index (χ4n) is 1.77. The van der Waals surface area contributed by atoms with Crippen molar-refractivity contribution in [2.75, 3.05) is 24.4 Å². The lowest BCUT2D eigenvalue weighted by Crippen LogP contribution is -2.43. The Balaban J connectivity index is 2.63. The highest BCUT2D eigenvalue weighted by atomic mass is 32.9. The maximum Gasteiger partial charge on any atom is 0.340 e. The highest BCUT2D eigenvalue weighted by Crippen LogP contribution is 2.60. The molecule has 29 heavy (non-hydrogen) atoms. The van der Waals surface area contributed by atoms with Gasteiger partial charge in [0.15, 0.2) is 0 Å². The summed E-state index contributed by atoms with van der Waals surface area (Å²) in [6.07, 6.45) is 0. The van der Waals surface area contributed by atoms with E-state index in [-0.39, 0.29) is 11.4 Å². The van der Waals surface area contributed by atoms with E-state index in [4.69, 9.17) is 20.9 Å². The minimum absolute atomic E-state index is 0.206. The molecule has 0 unspecified atom stereocenters. The standard InChI is InChI=1S/C13H18N5O8PS2/c1-3-25-27(28,26-4-2)29-8-12(19)14-13(20)16-15-10-6-5-9(17(21)22)7-11(10)18(23)24/h5-7,15H,3-4,8H2,1-2H3,(H2,14,16,19,20). The van der Waals surface area contributed by atoms with Gasteiger partial charge in [-0.25, -0.2) is 4.79 Å². The summed E-state index contributed by atoms with van der Waals surface area (Å²) in [5.41, 5.74) is 0.245. The number of nitrogens with one attached hydrogen (secondary N) is 3. The van der Waals surface area contributed by atoms with E-state index in [2.05, 4.69) is 5.43 Å². The topological polar surface area (TPSA) is 175 Å². The fourth-order valence-corrected chi connectivity index (χ4v) is 5.99. The first kappa shape index (κ1) is 24.7. The van der Waals surface area contributed by atoms with Crippen LogP contribution in [0.1, 0.15) is 13.8 Å². The van der Waals surface area contributed by atoms with Gasteiger partial charge in [0.05, 0.1) is 34.9 Å². The van der Waals surface area contributed by atoms with E-state index in [9.17, 15) is 29.8 Å². The minimum Gasteiger partial charge on any atom is -0.322 e. The Bertz CT molecular complexity index is 829. The molecule has 0 radical (unpaired) electrons. The second kappa shape index (κ2) is 11.6. The number of hydrogen-bond donors (Lipinski definition) is 3. The van der Waals surface area contributed by atoms with Gasteiger partial charge in [-0.2, -0.15) is 0 Å². The molecule has 0 aliphatic rings. The summed E-state index contributed by atoms with van der Waals surface area (Å²) in [6.45, 7) is 4.09. The lowest BCUT2D eigenvalue weighted by Gasteiger charge is -2.19. The van der Waals surface area contributed by atoms with Crippen LogP contribution >= 0.6 is 17.1 Å². The largest absolute Gasteiger partial charge is 0.340 e. The lowest BCUT2D eigenvalue weighted by atomic mass is 10.2. The van der Waals surface area contributed by atoms with Crippen molar-refractivity contribution >= 4 is 57.9 Å². The zero-order valence-corrected chi connectivity index (χ0v) is 17.8. The predicted octanol–water partition coefficient (Wildman–Crippen LogP) is 2.69. The molecule has 3 amide bonds. The average molecular weight is 467 g/mol. The Hall–Kier alpha value is -2.32. The first-order valence-electron chi connectivity index (χ1n) is 7.94. The van der Waals surface area contributed by atoms with Gasteiger partial charge in [-0.15, -0.1) is 0 Å². The number of carbonyl (C=O) groups excluding carboxylic acids is 2. The molecule has 3 N–H and O–H groups in total. The number of non-ortho nitro benzene ring substituents is 1. The van der Waals surface area contributed by atoms with E-state index in [1.165, 1.54) is 0 Å². The molecule has 1 aromatic rings. The van der Waals surface area contributed by atoms with Crippen LogP contribution in [0.5, 0.6) is 0 Å². The average Bonchev–Trinajstić information content (AvgIpc) is 2.65. The second-order valence-corrected chi connectivity index (χ2v) is 11.2. The molecule has 160 valence electrons. The van der Waals surface area contributed by atoms with Crippen molar-refractivity contribution in [3.8, 4) is 0 Å². The molecule has 0 heterocycles. The number of rotatable bonds is 11. The van der Waals surface area contributed by atoms with Gasteiger partial charge in [-0.05, 0) is 31.7 Å². The fraction of sp³-hybridized carbons (Fsp3) is 0.385. The smallest absolute Gasteiger partial charge is 0.322 e. The number of nitrogens with zero attached hydrogens (tertiary/aromatic N) is 2. The van der Waals surface area contributed by atoms with Crippen molar-refractivity contribution in [3.05, 3.63) is 38.4 Å². The highest BCUT2D eigenvalue weighted by molar-refractivity contribution is 8.68. The summed E-state index contributed by atoms with van der Waals surface area (Å²) in [7, 11) is 0. The Kier molecular flexibility index (Phi) is 9.91. The van der Waals surface area contributed by atoms with Gasteiger partial charge in [0.2, 0.25) is 11.6 Å². The molecule has 0 saturated carbocycles. The molecule has 0 fully saturated rings. The van der Waals surface area contributed by atoms with E-state index in [0.29, 0.717) is 13.2 Å². The third-order valence-corrected chi connectivity index (χ3v) is 8.29. The number of anilines is 1. The van der Waals surface area contributed by atoms with Crippen molar-refractivity contribution in [1.82, 2.24) is 10.7 Å². The van der Waals surface area contributed by atoms with Gasteiger partial charge >= 0.3 is 11.7 Å². The molecular weight excluding hydrogens is 449 g/mol. The molecular formula is C13H18N5O8PS2. The number of amides is 3. The monoisotopic (exact) mass is 467 g/mol. The Morgan fingerprint density at radius 3 is 2.31 bits per heavy atom. The third-order valence-electron chi connectivity index (χ3n) is 2.88. The number of urea groups is 1. The van der Waals surface area contributed by atoms with E-state index in [0.717, 1.165) is 29.6 Å². The molecule has 1 aromatic carbocycles. The molecule has 0 atom stereocenters. The van der Waals surface area contributed by atoms with Gasteiger partial charge in [0.1, 0.15) is 5.69 Å². The molecule has 0 saturated heterocycles. The van der Waals surface area contributed by atoms with Gasteiger partial charge in [-0.3, -0.25) is 41.2 Å². The van der Waals surface area contributed by atoms with E-state index >= 15 is 0 Å². The van der Waals surface area contributed by atoms with Gasteiger partial charge < -0.3 is 9.05 Å². The summed E-state index contributed by atoms with van der Waals surface area (Å²) in [6, 6.07) is 1.81. The SMILES string of the molecule is CCOP(=S)(OCC)SCC(=O)NC(=O)NNc1ccc([N+](=O)[O-])cc1[N+](=O)[O-]. The zero-order chi connectivity index (χ0) is 22.0. The van der Waals surface area contributed by atoms with Crippen molar-refractivity contribution in [2.45, 2.75) is 13.8 Å². The Morgan fingerprint density at radius 2 is 1.79 bits per heavy atom. The number of nitro benzene ring substituents is 2. The normalized spacial score (nSPS) is 10.8. The highest BCUT2D eigenvalue weighted by Gasteiger charge is 2.22. The third kappa shape index (κ3) is 8.29. The minimum atomic E-state index is -2.70. The van der Waals surface area contributed by atoms with Gasteiger partial charge in [-0.1, -0.05) is 11.4 Å². The number of hydrogen-bond acceptors (Lipinski definition) is 11. The van der Waals surface area contributed by atoms with Gasteiger partial charge in [0, 0.05) is 6.07 Å². The lowest BCUT2D eigenvalue weighted by molar-refractivity contribution is -0.393. The molecule has 0 spiro atoms. The first-order chi connectivity index (χ1) is 13.6. The van der Waals surface area contributed by atoms with E-state index in [1.54, 1.807) is 13.8 Å². The molecule has 0 aromatic heterocycles. The van der Waals surface area contributed by atoms with Crippen LogP contribution < -0.4 is 16.2 Å². The number of carbonyl (C=O) groups is 2. The van der Waals surface area contributed by atoms with Crippen molar-refractivity contribution in [3.63, 3.8) is 0 Å². The first-order valence-corrected chi connectivity index (χ1v) is 12.2. The summed E-state index contributed by atoms with van der Waals surface area (Å²) in [4.78, 5) is 43.8. The molecule has 16 heteroatoms. The summed E-state index contributed by atoms with van der Waals surface area (Å²) >= 11 is 6.20. The van der Waals surface area contributed by atoms with Crippen LogP contribution in [0, 0.1) is 20.2 Å². The molecule has 0 bridgehead atoms. The van der Waals surface area contributed by atoms with Crippen molar-refractivity contribution in [1.29, 1.82) is 0 Å². The van der Waals surface area contributed by atoms with Crippen molar-refractivity contribution in [2.24, 2.45) is 0 Å². The van der Waals surface area contributed by atoms with Crippen LogP contribution in [0.15, 0.2) is 18.2 Å². The maximum atomic E-state index is 11.9. The number of nitro groups is 2. The van der Waals surface area contributed by atoms with Gasteiger partial charge in [0.25, 0.3) is 5.69 Å². The predicted molar refractivity (Wildman–Crippen MR) is 110 cm³/mol. The van der Waals surface area contributed by atoms with E-state index < -0.39 is 38.9 Å². The van der Waals surface area contributed by atoms with E-state index in [1.807, 2.05) is 10.7 Å². The number of hydrazine groups is 1. The quantitative estimate of drug-likeness (QED) is 0.248. The molecule has 13 nitrogen and oxygen atoms in total. The Labute approximate surface area is 174 Å². The molecule has 0 aliphatic heterocycles. The number of benzene rings is 1. The summed E-state index contributed by atoms with van der Waals surface area (Å²) in [5, 5.41) is 23.7. The maximum absolute atomic E-state index is 11.9. The molecule has 0 aliphatic carbocycles. The van der Waals surface area contributed by atoms with Crippen LogP contribution in [-0.2, 0) is 25.6 Å². The summed E-state index contributed by atoms with van der Waals surface area (Å²) in [5.74, 6) is -0.899. The molecule has 1 rings (SSSR count). The van der Waals surface area contributed by atoms with Crippen LogP contribution in [0.25, 0.3) is 0 Å². The van der Waals surface area contributed by atoms with Crippen LogP contribution in [-0.4, -0.2) is 40.8 Å². The Morgan fingerprint density at radius 1 is 1.17 bits per heavy atom. The zero-order valence-electron chi connectivity index (χ0n) is 15.3. The van der Waals surface area contributed by atoms with Crippen LogP contribution in [0.2, 0.25) is 0 Å².